The summed E-state index contributed by atoms with van der Waals surface area (Å²) in [6, 6.07) is -0.198. The van der Waals surface area contributed by atoms with Crippen LogP contribution in [-0.2, 0) is 4.74 Å². The largest absolute Gasteiger partial charge is 0.444 e. The molecule has 1 heterocycles. The molecule has 2 rings (SSSR count). The zero-order valence-corrected chi connectivity index (χ0v) is 13.4. The first-order valence-corrected chi connectivity index (χ1v) is 7.85. The van der Waals surface area contributed by atoms with Gasteiger partial charge in [0.05, 0.1) is 0 Å². The van der Waals surface area contributed by atoms with E-state index >= 15 is 0 Å². The van der Waals surface area contributed by atoms with Crippen LogP contribution in [0.2, 0.25) is 0 Å². The molecule has 22 heavy (non-hydrogen) atoms. The van der Waals surface area contributed by atoms with Crippen LogP contribution in [-0.4, -0.2) is 47.4 Å². The molecule has 0 spiro atoms. The van der Waals surface area contributed by atoms with Gasteiger partial charge in [-0.05, 0) is 52.9 Å². The molecule has 1 unspecified atom stereocenters. The summed E-state index contributed by atoms with van der Waals surface area (Å²) in [6.45, 7) is 6.36. The summed E-state index contributed by atoms with van der Waals surface area (Å²) >= 11 is 0. The number of amides is 1. The lowest BCUT2D eigenvalue weighted by Crippen LogP contribution is -2.50. The fourth-order valence-corrected chi connectivity index (χ4v) is 2.78. The number of nitrogens with zero attached hydrogens (tertiary/aromatic N) is 1. The molecule has 1 atom stereocenters. The van der Waals surface area contributed by atoms with Crippen LogP contribution < -0.4 is 5.32 Å². The second-order valence-electron chi connectivity index (χ2n) is 7.32. The van der Waals surface area contributed by atoms with Crippen molar-refractivity contribution in [3.63, 3.8) is 0 Å². The van der Waals surface area contributed by atoms with E-state index in [4.69, 9.17) is 4.74 Å². The van der Waals surface area contributed by atoms with Gasteiger partial charge >= 0.3 is 12.3 Å². The lowest BCUT2D eigenvalue weighted by molar-refractivity contribution is -0.168. The van der Waals surface area contributed by atoms with Gasteiger partial charge in [-0.3, -0.25) is 0 Å². The number of alkyl halides is 3. The maximum atomic E-state index is 13.0. The Bertz CT molecular complexity index is 414. The number of ether oxygens (including phenoxy) is 1. The van der Waals surface area contributed by atoms with Gasteiger partial charge in [0.15, 0.2) is 0 Å². The molecule has 2 aliphatic rings. The van der Waals surface area contributed by atoms with E-state index in [0.29, 0.717) is 32.4 Å². The minimum Gasteiger partial charge on any atom is -0.444 e. The molecular formula is C15H25F3N2O2. The van der Waals surface area contributed by atoms with Crippen LogP contribution in [0.4, 0.5) is 18.0 Å². The van der Waals surface area contributed by atoms with Crippen LogP contribution in [0.5, 0.6) is 0 Å². The van der Waals surface area contributed by atoms with Crippen molar-refractivity contribution < 1.29 is 22.7 Å². The molecule has 0 radical (unpaired) electrons. The molecule has 1 aliphatic carbocycles. The molecule has 1 aliphatic heterocycles. The van der Waals surface area contributed by atoms with E-state index in [-0.39, 0.29) is 25.0 Å². The number of carbonyl (C=O) groups excluding carboxylic acids is 1. The highest BCUT2D eigenvalue weighted by molar-refractivity contribution is 5.68. The van der Waals surface area contributed by atoms with E-state index in [1.54, 1.807) is 25.7 Å². The molecule has 0 aromatic rings. The Kier molecular flexibility index (Phi) is 4.66. The molecule has 0 aromatic carbocycles. The summed E-state index contributed by atoms with van der Waals surface area (Å²) < 4.78 is 44.3. The molecule has 7 heteroatoms. The Balaban J connectivity index is 1.87. The summed E-state index contributed by atoms with van der Waals surface area (Å²) in [6.07, 6.45) is -2.40. The van der Waals surface area contributed by atoms with Gasteiger partial charge in [0, 0.05) is 19.1 Å². The van der Waals surface area contributed by atoms with Crippen molar-refractivity contribution in [3.05, 3.63) is 0 Å². The van der Waals surface area contributed by atoms with Crippen molar-refractivity contribution in [2.24, 2.45) is 0 Å². The summed E-state index contributed by atoms with van der Waals surface area (Å²) in [7, 11) is 0. The highest BCUT2D eigenvalue weighted by atomic mass is 19.4. The average molecular weight is 322 g/mol. The van der Waals surface area contributed by atoms with E-state index in [2.05, 4.69) is 5.32 Å². The number of nitrogens with one attached hydrogen (secondary N) is 1. The second-order valence-corrected chi connectivity index (χ2v) is 7.32. The van der Waals surface area contributed by atoms with Crippen molar-refractivity contribution in [3.8, 4) is 0 Å². The predicted octanol–water partition coefficient (Wildman–Crippen LogP) is 3.46. The summed E-state index contributed by atoms with van der Waals surface area (Å²) in [5.74, 6) is 0. The van der Waals surface area contributed by atoms with Crippen LogP contribution in [0.25, 0.3) is 0 Å². The molecule has 2 fully saturated rings. The van der Waals surface area contributed by atoms with Crippen LogP contribution in [0.15, 0.2) is 0 Å². The van der Waals surface area contributed by atoms with Crippen molar-refractivity contribution >= 4 is 6.09 Å². The van der Waals surface area contributed by atoms with Crippen molar-refractivity contribution in [2.45, 2.75) is 76.2 Å². The molecule has 0 aromatic heterocycles. The molecule has 1 N–H and O–H groups in total. The van der Waals surface area contributed by atoms with Crippen molar-refractivity contribution in [1.82, 2.24) is 10.2 Å². The number of likely N-dealkylation sites (tertiary alicyclic amines) is 1. The smallest absolute Gasteiger partial charge is 0.410 e. The van der Waals surface area contributed by atoms with Crippen LogP contribution in [0.3, 0.4) is 0 Å². The first-order chi connectivity index (χ1) is 10.0. The Morgan fingerprint density at radius 3 is 2.32 bits per heavy atom. The van der Waals surface area contributed by atoms with E-state index in [1.165, 1.54) is 0 Å². The van der Waals surface area contributed by atoms with E-state index in [0.717, 1.165) is 0 Å². The highest BCUT2D eigenvalue weighted by Gasteiger charge is 2.63. The molecule has 128 valence electrons. The fraction of sp³-hybridized carbons (Fsp3) is 0.933. The quantitative estimate of drug-likeness (QED) is 0.846. The Labute approximate surface area is 129 Å². The highest BCUT2D eigenvalue weighted by Crippen LogP contribution is 2.49. The van der Waals surface area contributed by atoms with Crippen LogP contribution in [0, 0.1) is 0 Å². The zero-order chi connectivity index (χ0) is 16.6. The Hall–Kier alpha value is -0.980. The third kappa shape index (κ3) is 4.27. The van der Waals surface area contributed by atoms with Gasteiger partial charge < -0.3 is 15.0 Å². The number of halogens is 3. The van der Waals surface area contributed by atoms with E-state index in [9.17, 15) is 18.0 Å². The monoisotopic (exact) mass is 322 g/mol. The predicted molar refractivity (Wildman–Crippen MR) is 76.6 cm³/mol. The third-order valence-electron chi connectivity index (χ3n) is 4.15. The maximum Gasteiger partial charge on any atom is 0.410 e. The van der Waals surface area contributed by atoms with Gasteiger partial charge in [0.1, 0.15) is 11.1 Å². The first-order valence-electron chi connectivity index (χ1n) is 7.85. The lowest BCUT2D eigenvalue weighted by Gasteiger charge is -2.28. The topological polar surface area (TPSA) is 41.6 Å². The van der Waals surface area contributed by atoms with Crippen LogP contribution >= 0.6 is 0 Å². The van der Waals surface area contributed by atoms with Gasteiger partial charge in [-0.15, -0.1) is 0 Å². The minimum atomic E-state index is -4.19. The van der Waals surface area contributed by atoms with Gasteiger partial charge in [-0.1, -0.05) is 0 Å². The summed E-state index contributed by atoms with van der Waals surface area (Å²) in [5, 5.41) is 2.79. The Morgan fingerprint density at radius 1 is 1.18 bits per heavy atom. The molecule has 1 saturated carbocycles. The van der Waals surface area contributed by atoms with Gasteiger partial charge in [0.2, 0.25) is 0 Å². The first kappa shape index (κ1) is 17.4. The van der Waals surface area contributed by atoms with Crippen molar-refractivity contribution in [1.29, 1.82) is 0 Å². The zero-order valence-electron chi connectivity index (χ0n) is 13.4. The molecule has 4 nitrogen and oxygen atoms in total. The average Bonchev–Trinajstić information content (AvgIpc) is 3.11. The molecule has 0 bridgehead atoms. The van der Waals surface area contributed by atoms with E-state index < -0.39 is 17.3 Å². The fourth-order valence-electron chi connectivity index (χ4n) is 2.78. The van der Waals surface area contributed by atoms with E-state index in [1.807, 2.05) is 0 Å². The number of hydrogen-bond donors (Lipinski definition) is 1. The summed E-state index contributed by atoms with van der Waals surface area (Å²) in [4.78, 5) is 13.6. The molecular weight excluding hydrogens is 297 g/mol. The molecule has 1 amide bonds. The number of carbonyl (C=O) groups is 1. The maximum absolute atomic E-state index is 13.0. The van der Waals surface area contributed by atoms with Crippen molar-refractivity contribution in [2.75, 3.05) is 13.1 Å². The van der Waals surface area contributed by atoms with Gasteiger partial charge in [-0.2, -0.15) is 13.2 Å². The summed E-state index contributed by atoms with van der Waals surface area (Å²) in [5.41, 5.74) is -2.24. The minimum absolute atomic E-state index is 0.156. The lowest BCUT2D eigenvalue weighted by atomic mass is 10.1. The van der Waals surface area contributed by atoms with Crippen LogP contribution in [0.1, 0.15) is 52.9 Å². The Morgan fingerprint density at radius 2 is 1.82 bits per heavy atom. The van der Waals surface area contributed by atoms with Gasteiger partial charge in [0.25, 0.3) is 0 Å². The number of rotatable bonds is 2. The SMILES string of the molecule is CC(C)(C)OC(=O)N1CCCC(NC2(C(F)(F)F)CC2)CC1. The standard InChI is InChI=1S/C15H25F3N2O2/c1-13(2,3)22-12(21)20-9-4-5-11(6-10-20)19-14(7-8-14)15(16,17)18/h11,19H,4-10H2,1-3H3. The third-order valence-corrected chi connectivity index (χ3v) is 4.15. The normalized spacial score (nSPS) is 25.5. The van der Waals surface area contributed by atoms with Gasteiger partial charge in [-0.25, -0.2) is 4.79 Å². The second kappa shape index (κ2) is 5.91. The molecule has 1 saturated heterocycles. The number of hydrogen-bond acceptors (Lipinski definition) is 3.